The fourth-order valence-corrected chi connectivity index (χ4v) is 3.42. The number of esters is 2. The van der Waals surface area contributed by atoms with Crippen molar-refractivity contribution in [3.05, 3.63) is 57.5 Å². The summed E-state index contributed by atoms with van der Waals surface area (Å²) in [6.45, 7) is 4.55. The van der Waals surface area contributed by atoms with E-state index in [9.17, 15) is 9.59 Å². The van der Waals surface area contributed by atoms with Crippen LogP contribution in [-0.4, -0.2) is 70.6 Å². The number of ether oxygens (including phenoxy) is 3. The zero-order chi connectivity index (χ0) is 23.7. The molecule has 1 N–H and O–H groups in total. The van der Waals surface area contributed by atoms with Crippen LogP contribution in [0.3, 0.4) is 0 Å². The first kappa shape index (κ1) is 25.6. The van der Waals surface area contributed by atoms with E-state index in [1.165, 1.54) is 7.11 Å². The van der Waals surface area contributed by atoms with E-state index in [1.807, 2.05) is 19.0 Å². The van der Waals surface area contributed by atoms with Crippen molar-refractivity contribution in [1.82, 2.24) is 10.2 Å². The maximum atomic E-state index is 13.1. The Balaban J connectivity index is 2.64. The van der Waals surface area contributed by atoms with Gasteiger partial charge in [-0.3, -0.25) is 0 Å². The fourth-order valence-electron chi connectivity index (χ4n) is 3.22. The van der Waals surface area contributed by atoms with Crippen LogP contribution in [0.1, 0.15) is 25.3 Å². The van der Waals surface area contributed by atoms with Gasteiger partial charge in [0.1, 0.15) is 12.4 Å². The number of halogens is 1. The highest BCUT2D eigenvalue weighted by Crippen LogP contribution is 2.40. The van der Waals surface area contributed by atoms with Crippen LogP contribution < -0.4 is 5.32 Å². The Hall–Kier alpha value is -2.68. The minimum Gasteiger partial charge on any atom is -0.463 e. The summed E-state index contributed by atoms with van der Waals surface area (Å²) in [5.74, 6) is -1.58. The number of nitrogens with zero attached hydrogens (tertiary/aromatic N) is 2. The Labute approximate surface area is 193 Å². The number of hydrogen-bond acceptors (Lipinski definition) is 8. The zero-order valence-electron chi connectivity index (χ0n) is 19.1. The van der Waals surface area contributed by atoms with E-state index in [0.29, 0.717) is 28.6 Å². The van der Waals surface area contributed by atoms with Crippen molar-refractivity contribution in [1.29, 1.82) is 0 Å². The third-order valence-corrected chi connectivity index (χ3v) is 4.86. The Morgan fingerprint density at radius 3 is 2.53 bits per heavy atom. The molecule has 9 heteroatoms. The Morgan fingerprint density at radius 1 is 1.19 bits per heavy atom. The summed E-state index contributed by atoms with van der Waals surface area (Å²) in [7, 11) is 5.35. The number of carbonyl (C=O) groups is 2. The second-order valence-corrected chi connectivity index (χ2v) is 7.77. The number of aliphatic imine (C=N–C) groups is 1. The van der Waals surface area contributed by atoms with Gasteiger partial charge in [-0.2, -0.15) is 0 Å². The van der Waals surface area contributed by atoms with Crippen molar-refractivity contribution >= 4 is 29.8 Å². The van der Waals surface area contributed by atoms with Gasteiger partial charge in [0, 0.05) is 30.6 Å². The van der Waals surface area contributed by atoms with Gasteiger partial charge in [0.25, 0.3) is 0 Å². The zero-order valence-corrected chi connectivity index (χ0v) is 19.9. The first-order chi connectivity index (χ1) is 15.3. The molecule has 0 fully saturated rings. The van der Waals surface area contributed by atoms with Crippen LogP contribution in [0, 0.1) is 0 Å². The Bertz CT molecular complexity index is 924. The van der Waals surface area contributed by atoms with Gasteiger partial charge in [0.15, 0.2) is 0 Å². The SMILES string of the molecule is CCOC(=O)C1=C(N=CCN(C)C)NC(C)=C(C(=O)OCCOC)C1c1cccc(Cl)c1. The van der Waals surface area contributed by atoms with Crippen LogP contribution in [0.15, 0.2) is 51.9 Å². The predicted octanol–water partition coefficient (Wildman–Crippen LogP) is 2.90. The lowest BCUT2D eigenvalue weighted by atomic mass is 9.81. The summed E-state index contributed by atoms with van der Waals surface area (Å²) in [5.41, 5.74) is 1.69. The summed E-state index contributed by atoms with van der Waals surface area (Å²) >= 11 is 6.24. The average Bonchev–Trinajstić information content (AvgIpc) is 2.73. The lowest BCUT2D eigenvalue weighted by Gasteiger charge is -2.30. The lowest BCUT2D eigenvalue weighted by Crippen LogP contribution is -2.33. The quantitative estimate of drug-likeness (QED) is 0.324. The Kier molecular flexibility index (Phi) is 9.90. The van der Waals surface area contributed by atoms with Gasteiger partial charge >= 0.3 is 11.9 Å². The van der Waals surface area contributed by atoms with Crippen LogP contribution in [0.2, 0.25) is 5.02 Å². The third kappa shape index (κ3) is 6.66. The van der Waals surface area contributed by atoms with Gasteiger partial charge in [-0.1, -0.05) is 23.7 Å². The maximum Gasteiger partial charge on any atom is 0.338 e. The van der Waals surface area contributed by atoms with E-state index in [2.05, 4.69) is 10.3 Å². The van der Waals surface area contributed by atoms with Crippen LogP contribution in [0.25, 0.3) is 0 Å². The topological polar surface area (TPSA) is 89.5 Å². The van der Waals surface area contributed by atoms with Crippen LogP contribution in [-0.2, 0) is 23.8 Å². The summed E-state index contributed by atoms with van der Waals surface area (Å²) in [5, 5.41) is 3.57. The monoisotopic (exact) mass is 463 g/mol. The summed E-state index contributed by atoms with van der Waals surface area (Å²) in [4.78, 5) is 32.6. The second-order valence-electron chi connectivity index (χ2n) is 7.34. The van der Waals surface area contributed by atoms with Crippen LogP contribution >= 0.6 is 11.6 Å². The van der Waals surface area contributed by atoms with Gasteiger partial charge in [-0.25, -0.2) is 14.6 Å². The highest BCUT2D eigenvalue weighted by Gasteiger charge is 2.39. The number of rotatable bonds is 10. The highest BCUT2D eigenvalue weighted by atomic mass is 35.5. The smallest absolute Gasteiger partial charge is 0.338 e. The van der Waals surface area contributed by atoms with Gasteiger partial charge < -0.3 is 24.4 Å². The third-order valence-electron chi connectivity index (χ3n) is 4.63. The maximum absolute atomic E-state index is 13.1. The fraction of sp³-hybridized carbons (Fsp3) is 0.435. The van der Waals surface area contributed by atoms with Gasteiger partial charge in [0.05, 0.1) is 30.3 Å². The standard InChI is InChI=1S/C23H30ClN3O5/c1-6-31-23(29)20-19(16-8-7-9-17(24)14-16)18(22(28)32-13-12-30-5)15(2)26-21(20)25-10-11-27(3)4/h7-10,14,19,26H,6,11-13H2,1-5H3. The molecule has 1 atom stereocenters. The summed E-state index contributed by atoms with van der Waals surface area (Å²) in [6.07, 6.45) is 1.69. The molecule has 8 nitrogen and oxygen atoms in total. The summed E-state index contributed by atoms with van der Waals surface area (Å²) < 4.78 is 15.7. The number of dihydropyridines is 1. The largest absolute Gasteiger partial charge is 0.463 e. The van der Waals surface area contributed by atoms with Crippen LogP contribution in [0.5, 0.6) is 0 Å². The molecule has 1 unspecified atom stereocenters. The average molecular weight is 464 g/mol. The van der Waals surface area contributed by atoms with Gasteiger partial charge in [-0.15, -0.1) is 0 Å². The molecule has 0 saturated heterocycles. The molecule has 0 bridgehead atoms. The molecule has 0 saturated carbocycles. The predicted molar refractivity (Wildman–Crippen MR) is 124 cm³/mol. The van der Waals surface area contributed by atoms with Crippen molar-refractivity contribution in [3.63, 3.8) is 0 Å². The molecular weight excluding hydrogens is 434 g/mol. The van der Waals surface area contributed by atoms with E-state index in [0.717, 1.165) is 0 Å². The van der Waals surface area contributed by atoms with Crippen LogP contribution in [0.4, 0.5) is 0 Å². The van der Waals surface area contributed by atoms with Crippen molar-refractivity contribution in [3.8, 4) is 0 Å². The number of nitrogens with one attached hydrogen (secondary N) is 1. The van der Waals surface area contributed by atoms with Crippen molar-refractivity contribution in [2.75, 3.05) is 47.6 Å². The van der Waals surface area contributed by atoms with E-state index in [-0.39, 0.29) is 31.0 Å². The molecule has 174 valence electrons. The number of carbonyl (C=O) groups excluding carboxylic acids is 2. The molecule has 1 aliphatic rings. The van der Waals surface area contributed by atoms with E-state index >= 15 is 0 Å². The molecule has 0 spiro atoms. The normalized spacial score (nSPS) is 16.5. The molecule has 1 aromatic rings. The number of hydrogen-bond donors (Lipinski definition) is 1. The highest BCUT2D eigenvalue weighted by molar-refractivity contribution is 6.30. The number of methoxy groups -OCH3 is 1. The Morgan fingerprint density at radius 2 is 1.91 bits per heavy atom. The summed E-state index contributed by atoms with van der Waals surface area (Å²) in [6, 6.07) is 7.01. The van der Waals surface area contributed by atoms with Crippen molar-refractivity contribution in [2.45, 2.75) is 19.8 Å². The molecule has 0 aliphatic carbocycles. The number of benzene rings is 1. The first-order valence-corrected chi connectivity index (χ1v) is 10.7. The molecule has 1 aromatic carbocycles. The molecule has 0 radical (unpaired) electrons. The first-order valence-electron chi connectivity index (χ1n) is 10.3. The van der Waals surface area contributed by atoms with E-state index in [4.69, 9.17) is 25.8 Å². The molecule has 1 aliphatic heterocycles. The molecule has 32 heavy (non-hydrogen) atoms. The van der Waals surface area contributed by atoms with Gasteiger partial charge in [0.2, 0.25) is 0 Å². The van der Waals surface area contributed by atoms with E-state index in [1.54, 1.807) is 44.3 Å². The van der Waals surface area contributed by atoms with E-state index < -0.39 is 17.9 Å². The molecule has 1 heterocycles. The molecular formula is C23H30ClN3O5. The van der Waals surface area contributed by atoms with Crippen molar-refractivity contribution in [2.24, 2.45) is 4.99 Å². The van der Waals surface area contributed by atoms with Crippen molar-refractivity contribution < 1.29 is 23.8 Å². The lowest BCUT2D eigenvalue weighted by molar-refractivity contribution is -0.140. The minimum absolute atomic E-state index is 0.0840. The van der Waals surface area contributed by atoms with Gasteiger partial charge in [-0.05, 0) is 45.6 Å². The second kappa shape index (κ2) is 12.4. The number of allylic oxidation sites excluding steroid dienone is 1. The molecule has 0 aromatic heterocycles. The molecule has 0 amide bonds. The molecule has 2 rings (SSSR count). The minimum atomic E-state index is -0.768.